The van der Waals surface area contributed by atoms with Crippen molar-refractivity contribution in [1.29, 1.82) is 0 Å². The van der Waals surface area contributed by atoms with Gasteiger partial charge in [-0.15, -0.1) is 0 Å². The van der Waals surface area contributed by atoms with Gasteiger partial charge in [0, 0.05) is 20.1 Å². The molecule has 0 atom stereocenters. The summed E-state index contributed by atoms with van der Waals surface area (Å²) in [5.41, 5.74) is 4.85. The molecule has 0 aliphatic rings. The highest BCUT2D eigenvalue weighted by Gasteiger charge is 2.15. The van der Waals surface area contributed by atoms with Gasteiger partial charge in [-0.25, -0.2) is 4.79 Å². The van der Waals surface area contributed by atoms with Gasteiger partial charge in [0.15, 0.2) is 0 Å². The molecule has 7 heteroatoms. The van der Waals surface area contributed by atoms with Gasteiger partial charge in [-0.2, -0.15) is 0 Å². The maximum atomic E-state index is 11.6. The van der Waals surface area contributed by atoms with E-state index in [4.69, 9.17) is 10.8 Å². The van der Waals surface area contributed by atoms with Gasteiger partial charge in [-0.05, 0) is 6.92 Å². The number of hydrogen-bond donors (Lipinski definition) is 3. The average molecular weight is 228 g/mol. The summed E-state index contributed by atoms with van der Waals surface area (Å²) in [7, 11) is 1.48. The van der Waals surface area contributed by atoms with Gasteiger partial charge in [-0.1, -0.05) is 0 Å². The van der Waals surface area contributed by atoms with E-state index in [0.717, 1.165) is 4.57 Å². The lowest BCUT2D eigenvalue weighted by atomic mass is 10.3. The van der Waals surface area contributed by atoms with E-state index in [1.807, 2.05) is 6.92 Å². The summed E-state index contributed by atoms with van der Waals surface area (Å²) in [5.74, 6) is 0.101. The first kappa shape index (κ1) is 12.3. The van der Waals surface area contributed by atoms with Crippen LogP contribution in [0, 0.1) is 0 Å². The van der Waals surface area contributed by atoms with Crippen molar-refractivity contribution in [2.45, 2.75) is 6.92 Å². The van der Waals surface area contributed by atoms with E-state index in [9.17, 15) is 9.59 Å². The smallest absolute Gasteiger partial charge is 0.329 e. The molecule has 4 N–H and O–H groups in total. The van der Waals surface area contributed by atoms with Crippen LogP contribution in [0.4, 0.5) is 11.5 Å². The molecule has 0 amide bonds. The van der Waals surface area contributed by atoms with Crippen LogP contribution in [0.5, 0.6) is 0 Å². The largest absolute Gasteiger partial charge is 0.395 e. The number of nitrogens with zero attached hydrogens (tertiary/aromatic N) is 2. The van der Waals surface area contributed by atoms with Gasteiger partial charge in [0.1, 0.15) is 11.5 Å². The van der Waals surface area contributed by atoms with Crippen LogP contribution in [0.3, 0.4) is 0 Å². The summed E-state index contributed by atoms with van der Waals surface area (Å²) < 4.78 is 1.16. The van der Waals surface area contributed by atoms with Gasteiger partial charge in [0.2, 0.25) is 0 Å². The summed E-state index contributed by atoms with van der Waals surface area (Å²) in [4.78, 5) is 26.6. The Balaban J connectivity index is 3.38. The van der Waals surface area contributed by atoms with Crippen LogP contribution < -0.4 is 21.9 Å². The van der Waals surface area contributed by atoms with Crippen LogP contribution in [-0.4, -0.2) is 34.4 Å². The first-order chi connectivity index (χ1) is 7.52. The Morgan fingerprint density at radius 3 is 2.62 bits per heavy atom. The second kappa shape index (κ2) is 4.84. The highest BCUT2D eigenvalue weighted by molar-refractivity contribution is 5.62. The van der Waals surface area contributed by atoms with Crippen molar-refractivity contribution in [3.63, 3.8) is 0 Å². The van der Waals surface area contributed by atoms with E-state index in [0.29, 0.717) is 13.1 Å². The number of nitrogens with two attached hydrogens (primary N) is 1. The Morgan fingerprint density at radius 2 is 2.12 bits per heavy atom. The number of aliphatic hydroxyl groups is 1. The number of nitrogen functional groups attached to an aromatic ring is 1. The van der Waals surface area contributed by atoms with Crippen molar-refractivity contribution in [2.24, 2.45) is 7.05 Å². The van der Waals surface area contributed by atoms with Crippen LogP contribution in [0.2, 0.25) is 0 Å². The zero-order chi connectivity index (χ0) is 12.3. The SMILES string of the molecule is CCN(CCO)c1c(N)n(C)c(=O)[nH]c1=O. The van der Waals surface area contributed by atoms with Crippen molar-refractivity contribution in [1.82, 2.24) is 9.55 Å². The zero-order valence-corrected chi connectivity index (χ0v) is 9.36. The zero-order valence-electron chi connectivity index (χ0n) is 9.36. The van der Waals surface area contributed by atoms with Crippen molar-refractivity contribution in [3.05, 3.63) is 20.8 Å². The summed E-state index contributed by atoms with van der Waals surface area (Å²) in [5, 5.41) is 8.87. The molecular weight excluding hydrogens is 212 g/mol. The quantitative estimate of drug-likeness (QED) is 0.580. The molecule has 1 rings (SSSR count). The summed E-state index contributed by atoms with van der Waals surface area (Å²) in [6.45, 7) is 2.56. The molecule has 0 radical (unpaired) electrons. The summed E-state index contributed by atoms with van der Waals surface area (Å²) in [6, 6.07) is 0. The maximum absolute atomic E-state index is 11.6. The number of aliphatic hydroxyl groups excluding tert-OH is 1. The Kier molecular flexibility index (Phi) is 3.73. The highest BCUT2D eigenvalue weighted by Crippen LogP contribution is 2.14. The van der Waals surface area contributed by atoms with Crippen molar-refractivity contribution < 1.29 is 5.11 Å². The Bertz CT molecular complexity index is 477. The lowest BCUT2D eigenvalue weighted by Crippen LogP contribution is -2.38. The third-order valence-electron chi connectivity index (χ3n) is 2.41. The number of likely N-dealkylation sites (N-methyl/N-ethyl adjacent to an activating group) is 1. The molecule has 0 unspecified atom stereocenters. The van der Waals surface area contributed by atoms with Crippen LogP contribution >= 0.6 is 0 Å². The third kappa shape index (κ3) is 2.08. The molecule has 1 aromatic rings. The average Bonchev–Trinajstić information content (AvgIpc) is 2.25. The topological polar surface area (TPSA) is 104 Å². The molecule has 1 heterocycles. The molecule has 0 saturated heterocycles. The maximum Gasteiger partial charge on any atom is 0.329 e. The fourth-order valence-corrected chi connectivity index (χ4v) is 1.48. The minimum Gasteiger partial charge on any atom is -0.395 e. The molecular formula is C9H16N4O3. The number of hydrogen-bond acceptors (Lipinski definition) is 5. The van der Waals surface area contributed by atoms with E-state index in [1.165, 1.54) is 7.05 Å². The fraction of sp³-hybridized carbons (Fsp3) is 0.556. The Hall–Kier alpha value is -1.76. The minimum absolute atomic E-state index is 0.0877. The van der Waals surface area contributed by atoms with E-state index < -0.39 is 11.2 Å². The molecule has 1 aromatic heterocycles. The van der Waals surface area contributed by atoms with Gasteiger partial charge >= 0.3 is 5.69 Å². The Labute approximate surface area is 92.1 Å². The first-order valence-corrected chi connectivity index (χ1v) is 4.97. The van der Waals surface area contributed by atoms with Crippen LogP contribution in [0.25, 0.3) is 0 Å². The second-order valence-electron chi connectivity index (χ2n) is 3.36. The lowest BCUT2D eigenvalue weighted by Gasteiger charge is -2.22. The van der Waals surface area contributed by atoms with Crippen molar-refractivity contribution in [2.75, 3.05) is 30.3 Å². The van der Waals surface area contributed by atoms with Crippen molar-refractivity contribution >= 4 is 11.5 Å². The Morgan fingerprint density at radius 1 is 1.50 bits per heavy atom. The number of anilines is 2. The van der Waals surface area contributed by atoms with E-state index >= 15 is 0 Å². The van der Waals surface area contributed by atoms with E-state index in [-0.39, 0.29) is 18.1 Å². The molecule has 0 aliphatic carbocycles. The van der Waals surface area contributed by atoms with Crippen LogP contribution in [0.15, 0.2) is 9.59 Å². The monoisotopic (exact) mass is 228 g/mol. The van der Waals surface area contributed by atoms with Crippen molar-refractivity contribution in [3.8, 4) is 0 Å². The third-order valence-corrected chi connectivity index (χ3v) is 2.41. The van der Waals surface area contributed by atoms with E-state index in [1.54, 1.807) is 4.90 Å². The van der Waals surface area contributed by atoms with E-state index in [2.05, 4.69) is 4.98 Å². The normalized spacial score (nSPS) is 10.4. The van der Waals surface area contributed by atoms with Gasteiger partial charge in [-0.3, -0.25) is 14.3 Å². The molecule has 7 nitrogen and oxygen atoms in total. The molecule has 0 aliphatic heterocycles. The number of aromatic amines is 1. The van der Waals surface area contributed by atoms with Gasteiger partial charge < -0.3 is 15.7 Å². The lowest BCUT2D eigenvalue weighted by molar-refractivity contribution is 0.302. The highest BCUT2D eigenvalue weighted by atomic mass is 16.3. The first-order valence-electron chi connectivity index (χ1n) is 4.97. The van der Waals surface area contributed by atoms with Crippen LogP contribution in [0.1, 0.15) is 6.92 Å². The summed E-state index contributed by atoms with van der Waals surface area (Å²) >= 11 is 0. The molecule has 0 spiro atoms. The number of H-pyrrole nitrogens is 1. The second-order valence-corrected chi connectivity index (χ2v) is 3.36. The number of rotatable bonds is 4. The molecule has 0 saturated carbocycles. The number of nitrogens with one attached hydrogen (secondary N) is 1. The molecule has 0 fully saturated rings. The molecule has 0 bridgehead atoms. The standard InChI is InChI=1S/C9H16N4O3/c1-3-13(4-5-14)6-7(10)12(2)9(16)11-8(6)15/h14H,3-5,10H2,1-2H3,(H,11,15,16). The predicted octanol–water partition coefficient (Wildman–Crippen LogP) is -1.53. The van der Waals surface area contributed by atoms with Crippen LogP contribution in [-0.2, 0) is 7.05 Å². The molecule has 90 valence electrons. The minimum atomic E-state index is -0.550. The molecule has 0 aromatic carbocycles. The predicted molar refractivity (Wildman–Crippen MR) is 61.7 cm³/mol. The molecule has 16 heavy (non-hydrogen) atoms. The summed E-state index contributed by atoms with van der Waals surface area (Å²) in [6.07, 6.45) is 0. The van der Waals surface area contributed by atoms with Gasteiger partial charge in [0.25, 0.3) is 5.56 Å². The number of aromatic nitrogens is 2. The fourth-order valence-electron chi connectivity index (χ4n) is 1.48. The van der Waals surface area contributed by atoms with Gasteiger partial charge in [0.05, 0.1) is 6.61 Å².